The molecule has 1 aromatic carbocycles. The average molecular weight is 513 g/mol. The van der Waals surface area contributed by atoms with E-state index >= 15 is 0 Å². The molecule has 0 aliphatic rings. The summed E-state index contributed by atoms with van der Waals surface area (Å²) in [6.07, 6.45) is 10.8. The second kappa shape index (κ2) is 24.9. The molecule has 40 heavy (non-hydrogen) atoms. The largest absolute Gasteiger partial charge is 0.356 e. The zero-order chi connectivity index (χ0) is 29.5. The summed E-state index contributed by atoms with van der Waals surface area (Å²) in [6, 6.07) is 6.46. The highest BCUT2D eigenvalue weighted by Gasteiger charge is 2.05. The topological polar surface area (TPSA) is 94.9 Å². The number of carbonyl (C=O) groups excluding carboxylic acids is 2. The predicted molar refractivity (Wildman–Crippen MR) is 155 cm³/mol. The van der Waals surface area contributed by atoms with Gasteiger partial charge in [0.15, 0.2) is 5.78 Å². The van der Waals surface area contributed by atoms with Crippen LogP contribution in [0.3, 0.4) is 0 Å². The van der Waals surface area contributed by atoms with Gasteiger partial charge in [0.25, 0.3) is 0 Å². The van der Waals surface area contributed by atoms with Gasteiger partial charge in [-0.3, -0.25) is 9.59 Å². The number of azide groups is 1. The monoisotopic (exact) mass is 512 g/mol. The molecule has 0 spiro atoms. The van der Waals surface area contributed by atoms with Crippen molar-refractivity contribution in [2.24, 2.45) is 5.11 Å². The Morgan fingerprint density at radius 1 is 0.725 bits per heavy atom. The summed E-state index contributed by atoms with van der Waals surface area (Å²) in [5.74, 6) is 48.1. The number of carbonyl (C=O) groups is 2. The summed E-state index contributed by atoms with van der Waals surface area (Å²) in [5.41, 5.74) is 9.30. The molecule has 0 aliphatic carbocycles. The number of terminal acetylenes is 2. The lowest BCUT2D eigenvalue weighted by atomic mass is 10.1. The van der Waals surface area contributed by atoms with Crippen molar-refractivity contribution < 1.29 is 9.59 Å². The minimum absolute atomic E-state index is 0.00726. The van der Waals surface area contributed by atoms with Crippen LogP contribution in [-0.4, -0.2) is 18.2 Å². The Bertz CT molecular complexity index is 1720. The predicted octanol–water partition coefficient (Wildman–Crippen LogP) is 3.01. The van der Waals surface area contributed by atoms with Gasteiger partial charge in [0.2, 0.25) is 5.91 Å². The van der Waals surface area contributed by atoms with Crippen LogP contribution in [0.5, 0.6) is 0 Å². The molecule has 1 N–H and O–H groups in total. The van der Waals surface area contributed by atoms with Crippen LogP contribution in [0.1, 0.15) is 30.1 Å². The molecule has 1 amide bonds. The Kier molecular flexibility index (Phi) is 20.5. The molecule has 0 bridgehead atoms. The van der Waals surface area contributed by atoms with Crippen molar-refractivity contribution in [3.63, 3.8) is 0 Å². The molecular formula is C34H16N4O2. The molecule has 1 aromatic rings. The number of nitrogens with one attached hydrogen (secondary N) is 1. The van der Waals surface area contributed by atoms with Crippen molar-refractivity contribution in [2.75, 3.05) is 6.54 Å². The Balaban J connectivity index is 0.000000774. The molecule has 184 valence electrons. The highest BCUT2D eigenvalue weighted by molar-refractivity contribution is 5.96. The van der Waals surface area contributed by atoms with Crippen molar-refractivity contribution in [1.29, 1.82) is 0 Å². The molecule has 0 fully saturated rings. The van der Waals surface area contributed by atoms with Gasteiger partial charge < -0.3 is 5.32 Å². The number of rotatable bonds is 6. The summed E-state index contributed by atoms with van der Waals surface area (Å²) >= 11 is 0. The fourth-order valence-electron chi connectivity index (χ4n) is 2.00. The first-order valence-electron chi connectivity index (χ1n) is 10.9. The second-order valence-corrected chi connectivity index (χ2v) is 6.28. The standard InChI is InChI=1S/C22H2.C12H14N4O2/c1-3-5-7-9-11-13-15-17-19-21-22-20-18-16-14-12-10-8-6-4-2;1-9(17)14-8-2-3-12(18)10-4-6-11(7-5-10)15-16-13/h1-2H;4-7H,2-3,8H2,1H3,(H,14,17). The number of Topliss-reactive ketones (excluding diaryl/α,β-unsaturated/α-hetero) is 1. The van der Waals surface area contributed by atoms with Crippen LogP contribution in [-0.2, 0) is 4.79 Å². The zero-order valence-corrected chi connectivity index (χ0v) is 21.2. The van der Waals surface area contributed by atoms with Crippen LogP contribution >= 0.6 is 0 Å². The maximum atomic E-state index is 11.7. The Labute approximate surface area is 235 Å². The summed E-state index contributed by atoms with van der Waals surface area (Å²) in [5, 5.41) is 6.06. The molecule has 0 unspecified atom stereocenters. The van der Waals surface area contributed by atoms with Gasteiger partial charge in [-0.2, -0.15) is 0 Å². The molecule has 0 radical (unpaired) electrons. The third-order valence-corrected chi connectivity index (χ3v) is 3.51. The molecule has 0 aromatic heterocycles. The van der Waals surface area contributed by atoms with Crippen LogP contribution in [0, 0.1) is 131 Å². The van der Waals surface area contributed by atoms with Gasteiger partial charge in [0.05, 0.1) is 0 Å². The Morgan fingerprint density at radius 3 is 1.43 bits per heavy atom. The molecule has 0 heterocycles. The Hall–Kier alpha value is -7.17. The van der Waals surface area contributed by atoms with Gasteiger partial charge in [0, 0.05) is 59.7 Å². The van der Waals surface area contributed by atoms with E-state index in [1.165, 1.54) is 6.92 Å². The van der Waals surface area contributed by atoms with E-state index in [9.17, 15) is 9.59 Å². The highest BCUT2D eigenvalue weighted by atomic mass is 16.1. The van der Waals surface area contributed by atoms with E-state index < -0.39 is 0 Å². The van der Waals surface area contributed by atoms with Crippen molar-refractivity contribution >= 4 is 17.4 Å². The molecule has 1 rings (SSSR count). The smallest absolute Gasteiger partial charge is 0.216 e. The summed E-state index contributed by atoms with van der Waals surface area (Å²) in [6.45, 7) is 1.94. The van der Waals surface area contributed by atoms with Gasteiger partial charge >= 0.3 is 0 Å². The van der Waals surface area contributed by atoms with Crippen molar-refractivity contribution in [2.45, 2.75) is 19.8 Å². The van der Waals surface area contributed by atoms with Gasteiger partial charge in [0.1, 0.15) is 0 Å². The quantitative estimate of drug-likeness (QED) is 0.158. The highest BCUT2D eigenvalue weighted by Crippen LogP contribution is 2.14. The van der Waals surface area contributed by atoms with Crippen LogP contribution in [0.15, 0.2) is 29.4 Å². The third-order valence-electron chi connectivity index (χ3n) is 3.51. The molecule has 0 atom stereocenters. The van der Waals surface area contributed by atoms with E-state index in [-0.39, 0.29) is 11.7 Å². The second-order valence-electron chi connectivity index (χ2n) is 6.28. The Morgan fingerprint density at radius 2 is 1.10 bits per heavy atom. The number of hydrogen-bond acceptors (Lipinski definition) is 3. The fourth-order valence-corrected chi connectivity index (χ4v) is 2.00. The summed E-state index contributed by atoms with van der Waals surface area (Å²) in [7, 11) is 0. The maximum Gasteiger partial charge on any atom is 0.216 e. The minimum atomic E-state index is -0.0961. The molecule has 6 nitrogen and oxygen atoms in total. The van der Waals surface area contributed by atoms with Gasteiger partial charge in [-0.25, -0.2) is 0 Å². The zero-order valence-electron chi connectivity index (χ0n) is 21.2. The first kappa shape index (κ1) is 32.8. The van der Waals surface area contributed by atoms with E-state index in [0.29, 0.717) is 30.6 Å². The van der Waals surface area contributed by atoms with E-state index in [0.717, 1.165) is 0 Å². The number of hydrogen-bond donors (Lipinski definition) is 1. The van der Waals surface area contributed by atoms with Gasteiger partial charge in [-0.15, -0.1) is 12.8 Å². The number of benzene rings is 1. The van der Waals surface area contributed by atoms with E-state index in [4.69, 9.17) is 18.4 Å². The lowest BCUT2D eigenvalue weighted by Gasteiger charge is -2.02. The van der Waals surface area contributed by atoms with Crippen LogP contribution in [0.2, 0.25) is 0 Å². The van der Waals surface area contributed by atoms with Crippen molar-refractivity contribution in [3.05, 3.63) is 40.3 Å². The lowest BCUT2D eigenvalue weighted by molar-refractivity contribution is -0.118. The van der Waals surface area contributed by atoms with E-state index in [1.807, 2.05) is 0 Å². The average Bonchev–Trinajstić information content (AvgIpc) is 2.95. The van der Waals surface area contributed by atoms with Crippen LogP contribution < -0.4 is 5.32 Å². The lowest BCUT2D eigenvalue weighted by Crippen LogP contribution is -2.21. The minimum Gasteiger partial charge on any atom is -0.356 e. The van der Waals surface area contributed by atoms with Crippen molar-refractivity contribution in [3.8, 4) is 131 Å². The number of ketones is 1. The third kappa shape index (κ3) is 21.4. The van der Waals surface area contributed by atoms with Crippen LogP contribution in [0.25, 0.3) is 10.4 Å². The summed E-state index contributed by atoms with van der Waals surface area (Å²) < 4.78 is 0. The van der Waals surface area contributed by atoms with Crippen LogP contribution in [0.4, 0.5) is 5.69 Å². The normalized spacial score (nSPS) is 6.28. The van der Waals surface area contributed by atoms with E-state index in [1.54, 1.807) is 24.3 Å². The first-order valence-corrected chi connectivity index (χ1v) is 10.9. The molecule has 0 saturated carbocycles. The first-order chi connectivity index (χ1) is 19.5. The molecule has 0 saturated heterocycles. The van der Waals surface area contributed by atoms with Gasteiger partial charge in [-0.05, 0) is 107 Å². The maximum absolute atomic E-state index is 11.7. The number of amides is 1. The van der Waals surface area contributed by atoms with Crippen molar-refractivity contribution in [1.82, 2.24) is 5.32 Å². The molecular weight excluding hydrogens is 496 g/mol. The van der Waals surface area contributed by atoms with Gasteiger partial charge in [-0.1, -0.05) is 29.4 Å². The number of nitrogens with zero attached hydrogens (tertiary/aromatic N) is 3. The fraction of sp³-hybridized carbons (Fsp3) is 0.118. The SMILES string of the molecule is C#CC#CC#CC#CC#CC#CC#CC#CC#CC#CC#C.CC(=O)NCCCC(=O)c1ccc(N=[N+]=[N-])cc1. The van der Waals surface area contributed by atoms with E-state index in [2.05, 4.69) is 134 Å². The summed E-state index contributed by atoms with van der Waals surface area (Å²) in [4.78, 5) is 25.0. The molecule has 6 heteroatoms. The molecule has 0 aliphatic heterocycles.